The van der Waals surface area contributed by atoms with Gasteiger partial charge >= 0.3 is 12.1 Å². The molecule has 0 radical (unpaired) electrons. The average Bonchev–Trinajstić information content (AvgIpc) is 2.85. The van der Waals surface area contributed by atoms with Crippen molar-refractivity contribution >= 4 is 5.91 Å². The number of hydrogen-bond acceptors (Lipinski definition) is 5. The predicted octanol–water partition coefficient (Wildman–Crippen LogP) is 4.42. The number of halogens is 3. The maximum atomic E-state index is 13.0. The minimum Gasteiger partial charge on any atom is -0.374 e. The van der Waals surface area contributed by atoms with E-state index in [2.05, 4.69) is 0 Å². The van der Waals surface area contributed by atoms with Crippen LogP contribution in [0.3, 0.4) is 0 Å². The van der Waals surface area contributed by atoms with E-state index in [9.17, 15) is 18.0 Å². The van der Waals surface area contributed by atoms with Gasteiger partial charge in [-0.15, -0.1) is 0 Å². The van der Waals surface area contributed by atoms with Crippen molar-refractivity contribution in [2.45, 2.75) is 63.5 Å². The number of alkyl halides is 3. The second kappa shape index (κ2) is 13.6. The Bertz CT molecular complexity index is 882. The first kappa shape index (κ1) is 27.1. The van der Waals surface area contributed by atoms with E-state index < -0.39 is 36.4 Å². The summed E-state index contributed by atoms with van der Waals surface area (Å²) in [5, 5.41) is 2.03. The zero-order valence-corrected chi connectivity index (χ0v) is 19.7. The van der Waals surface area contributed by atoms with Crippen LogP contribution in [0.15, 0.2) is 60.7 Å². The highest BCUT2D eigenvalue weighted by molar-refractivity contribution is 5.82. The number of amides is 1. The van der Waals surface area contributed by atoms with Crippen molar-refractivity contribution < 1.29 is 36.9 Å². The number of carbonyl (C=O) groups excluding carboxylic acids is 1. The first-order chi connectivity index (χ1) is 16.9. The molecule has 1 saturated heterocycles. The van der Waals surface area contributed by atoms with Crippen molar-refractivity contribution in [2.75, 3.05) is 19.8 Å². The van der Waals surface area contributed by atoms with E-state index >= 15 is 0 Å². The lowest BCUT2D eigenvalue weighted by Crippen LogP contribution is -2.63. The van der Waals surface area contributed by atoms with Gasteiger partial charge in [0.1, 0.15) is 18.3 Å². The first-order valence-electron chi connectivity index (χ1n) is 11.8. The van der Waals surface area contributed by atoms with E-state index in [1.165, 1.54) is 0 Å². The molecule has 2 aromatic carbocycles. The second-order valence-electron chi connectivity index (χ2n) is 8.40. The molecule has 2 aromatic rings. The Balaban J connectivity index is 1.74. The molecule has 1 amide bonds. The lowest BCUT2D eigenvalue weighted by molar-refractivity contribution is -0.210. The van der Waals surface area contributed by atoms with E-state index in [1.807, 2.05) is 72.9 Å². The van der Waals surface area contributed by atoms with Gasteiger partial charge in [0.15, 0.2) is 0 Å². The summed E-state index contributed by atoms with van der Waals surface area (Å²) < 4.78 is 62.8. The van der Waals surface area contributed by atoms with Gasteiger partial charge in [0.2, 0.25) is 0 Å². The molecule has 192 valence electrons. The van der Waals surface area contributed by atoms with E-state index in [0.717, 1.165) is 24.0 Å². The van der Waals surface area contributed by atoms with Crippen LogP contribution >= 0.6 is 0 Å². The van der Waals surface area contributed by atoms with Gasteiger partial charge in [-0.2, -0.15) is 13.2 Å². The van der Waals surface area contributed by atoms with Crippen LogP contribution in [0.4, 0.5) is 13.2 Å². The van der Waals surface area contributed by atoms with Crippen molar-refractivity contribution in [2.24, 2.45) is 0 Å². The molecule has 1 N–H and O–H groups in total. The van der Waals surface area contributed by atoms with Crippen molar-refractivity contribution in [1.29, 1.82) is 0 Å². The third kappa shape index (κ3) is 8.61. The third-order valence-electron chi connectivity index (χ3n) is 5.64. The van der Waals surface area contributed by atoms with E-state index in [4.69, 9.17) is 18.9 Å². The van der Waals surface area contributed by atoms with E-state index in [-0.39, 0.29) is 19.8 Å². The number of ether oxygens (including phenoxy) is 4. The Morgan fingerprint density at radius 3 is 2.20 bits per heavy atom. The highest BCUT2D eigenvalue weighted by Crippen LogP contribution is 2.25. The summed E-state index contributed by atoms with van der Waals surface area (Å²) in [5.74, 6) is -2.04. The van der Waals surface area contributed by atoms with Gasteiger partial charge in [-0.3, -0.25) is 4.79 Å². The fourth-order valence-electron chi connectivity index (χ4n) is 3.79. The summed E-state index contributed by atoms with van der Waals surface area (Å²) in [6.45, 7) is 2.90. The molecule has 1 aliphatic rings. The smallest absolute Gasteiger partial charge is 0.374 e. The number of nitrogens with one attached hydrogen (secondary N) is 1. The molecule has 0 bridgehead atoms. The summed E-state index contributed by atoms with van der Waals surface area (Å²) in [5.41, 5.74) is 1.84. The highest BCUT2D eigenvalue weighted by atomic mass is 19.4. The predicted molar refractivity (Wildman–Crippen MR) is 123 cm³/mol. The van der Waals surface area contributed by atoms with E-state index in [1.54, 1.807) is 0 Å². The Labute approximate surface area is 203 Å². The van der Waals surface area contributed by atoms with Crippen molar-refractivity contribution in [3.8, 4) is 0 Å². The Hall–Kier alpha value is -2.46. The molecule has 35 heavy (non-hydrogen) atoms. The van der Waals surface area contributed by atoms with Crippen LogP contribution in [-0.2, 0) is 37.0 Å². The van der Waals surface area contributed by atoms with Crippen molar-refractivity contribution in [1.82, 2.24) is 5.32 Å². The Morgan fingerprint density at radius 1 is 0.971 bits per heavy atom. The number of benzene rings is 2. The summed E-state index contributed by atoms with van der Waals surface area (Å²) in [4.78, 5) is 11.7. The summed E-state index contributed by atoms with van der Waals surface area (Å²) in [6, 6.07) is 17.8. The fourth-order valence-corrected chi connectivity index (χ4v) is 3.79. The normalized spacial score (nSPS) is 22.6. The lowest BCUT2D eigenvalue weighted by Gasteiger charge is -2.42. The van der Waals surface area contributed by atoms with Crippen LogP contribution < -0.4 is 5.32 Å². The monoisotopic (exact) mass is 495 g/mol. The van der Waals surface area contributed by atoms with Gasteiger partial charge in [-0.05, 0) is 17.5 Å². The summed E-state index contributed by atoms with van der Waals surface area (Å²) >= 11 is 0. The highest BCUT2D eigenvalue weighted by Gasteiger charge is 2.46. The Morgan fingerprint density at radius 2 is 1.60 bits per heavy atom. The molecule has 0 aliphatic carbocycles. The summed E-state index contributed by atoms with van der Waals surface area (Å²) in [6.07, 6.45) is -5.54. The van der Waals surface area contributed by atoms with Gasteiger partial charge in [-0.25, -0.2) is 0 Å². The largest absolute Gasteiger partial charge is 0.471 e. The van der Waals surface area contributed by atoms with Crippen molar-refractivity contribution in [3.05, 3.63) is 71.8 Å². The maximum Gasteiger partial charge on any atom is 0.471 e. The van der Waals surface area contributed by atoms with Gasteiger partial charge in [0, 0.05) is 6.61 Å². The van der Waals surface area contributed by atoms with Crippen LogP contribution in [-0.4, -0.2) is 56.3 Å². The van der Waals surface area contributed by atoms with Crippen LogP contribution in [0.2, 0.25) is 0 Å². The van der Waals surface area contributed by atoms with E-state index in [0.29, 0.717) is 13.2 Å². The molecule has 1 aliphatic heterocycles. The number of carbonyl (C=O) groups is 1. The lowest BCUT2D eigenvalue weighted by atomic mass is 9.97. The molecule has 0 saturated carbocycles. The minimum absolute atomic E-state index is 0.148. The second-order valence-corrected chi connectivity index (χ2v) is 8.40. The van der Waals surface area contributed by atoms with Crippen LogP contribution in [0.1, 0.15) is 30.9 Å². The molecular weight excluding hydrogens is 463 g/mol. The van der Waals surface area contributed by atoms with Gasteiger partial charge in [-0.1, -0.05) is 74.0 Å². The van der Waals surface area contributed by atoms with Crippen LogP contribution in [0.5, 0.6) is 0 Å². The summed E-state index contributed by atoms with van der Waals surface area (Å²) in [7, 11) is 0. The molecular formula is C26H32F3NO5. The first-order valence-corrected chi connectivity index (χ1v) is 11.8. The molecule has 1 fully saturated rings. The third-order valence-corrected chi connectivity index (χ3v) is 5.64. The zero-order valence-electron chi connectivity index (χ0n) is 19.7. The standard InChI is InChI=1S/C26H32F3NO5/c1-2-3-14-33-24-22(18-32-15-19-10-6-4-7-11-19)34-17-21(30-25(31)26(27,28)29)23(24)35-16-20-12-8-5-9-13-20/h4-13,21-24H,2-3,14-18H2,1H3,(H,30,31)/t21-,22+,23+,24-/m0/s1. The SMILES string of the molecule is CCCCO[C@@H]1[C@H](OCc2ccccc2)[C@@H](NC(=O)C(F)(F)F)CO[C@@H]1COCc1ccccc1. The molecule has 6 nitrogen and oxygen atoms in total. The zero-order chi connectivity index (χ0) is 25.1. The number of hydrogen-bond donors (Lipinski definition) is 1. The Kier molecular flexibility index (Phi) is 10.5. The van der Waals surface area contributed by atoms with Crippen LogP contribution in [0.25, 0.3) is 0 Å². The quantitative estimate of drug-likeness (QED) is 0.442. The minimum atomic E-state index is -5.02. The number of rotatable bonds is 12. The van der Waals surface area contributed by atoms with Gasteiger partial charge in [0.05, 0.1) is 32.5 Å². The maximum absolute atomic E-state index is 13.0. The molecule has 3 rings (SSSR count). The molecule has 0 unspecified atom stereocenters. The average molecular weight is 496 g/mol. The van der Waals surface area contributed by atoms with Gasteiger partial charge < -0.3 is 24.3 Å². The molecule has 9 heteroatoms. The number of unbranched alkanes of at least 4 members (excludes halogenated alkanes) is 1. The van der Waals surface area contributed by atoms with Crippen LogP contribution in [0, 0.1) is 0 Å². The van der Waals surface area contributed by atoms with Crippen molar-refractivity contribution in [3.63, 3.8) is 0 Å². The molecule has 0 aromatic heterocycles. The topological polar surface area (TPSA) is 66.0 Å². The van der Waals surface area contributed by atoms with Gasteiger partial charge in [0.25, 0.3) is 0 Å². The molecule has 4 atom stereocenters. The molecule has 1 heterocycles. The molecule has 0 spiro atoms. The fraction of sp³-hybridized carbons (Fsp3) is 0.500.